The molecule has 0 N–H and O–H groups in total. The standard InChI is InChI=1S/C9H16O2/c1-7(2)8(10)9(3)5-4-6-11-9/h7H,4-6H2,1-3H3/t9-/m0/s1. The van der Waals surface area contributed by atoms with Crippen LogP contribution < -0.4 is 0 Å². The van der Waals surface area contributed by atoms with E-state index in [4.69, 9.17) is 4.74 Å². The largest absolute Gasteiger partial charge is 0.367 e. The van der Waals surface area contributed by atoms with E-state index in [1.54, 1.807) is 0 Å². The van der Waals surface area contributed by atoms with Gasteiger partial charge in [0.05, 0.1) is 0 Å². The van der Waals surface area contributed by atoms with Crippen LogP contribution >= 0.6 is 0 Å². The van der Waals surface area contributed by atoms with Gasteiger partial charge in [-0.2, -0.15) is 0 Å². The van der Waals surface area contributed by atoms with E-state index in [9.17, 15) is 4.79 Å². The van der Waals surface area contributed by atoms with Gasteiger partial charge < -0.3 is 4.74 Å². The third kappa shape index (κ3) is 1.62. The van der Waals surface area contributed by atoms with Crippen molar-refractivity contribution >= 4 is 5.78 Å². The number of ketones is 1. The SMILES string of the molecule is CC(C)C(=O)[C@]1(C)CCCO1. The van der Waals surface area contributed by atoms with Gasteiger partial charge in [-0.3, -0.25) is 4.79 Å². The summed E-state index contributed by atoms with van der Waals surface area (Å²) in [7, 11) is 0. The maximum Gasteiger partial charge on any atom is 0.166 e. The van der Waals surface area contributed by atoms with Gasteiger partial charge in [-0.25, -0.2) is 0 Å². The summed E-state index contributed by atoms with van der Waals surface area (Å²) in [5, 5.41) is 0. The summed E-state index contributed by atoms with van der Waals surface area (Å²) in [6.45, 7) is 6.50. The average Bonchev–Trinajstić information content (AvgIpc) is 2.35. The molecule has 11 heavy (non-hydrogen) atoms. The Bertz CT molecular complexity index is 155. The molecule has 1 saturated heterocycles. The molecule has 0 aromatic carbocycles. The molecule has 64 valence electrons. The van der Waals surface area contributed by atoms with Gasteiger partial charge >= 0.3 is 0 Å². The number of hydrogen-bond donors (Lipinski definition) is 0. The van der Waals surface area contributed by atoms with Crippen LogP contribution in [0.5, 0.6) is 0 Å². The smallest absolute Gasteiger partial charge is 0.166 e. The number of ether oxygens (including phenoxy) is 1. The van der Waals surface area contributed by atoms with Crippen LogP contribution in [0.1, 0.15) is 33.6 Å². The third-order valence-electron chi connectivity index (χ3n) is 2.26. The van der Waals surface area contributed by atoms with Gasteiger partial charge in [0.25, 0.3) is 0 Å². The Labute approximate surface area is 67.9 Å². The fourth-order valence-corrected chi connectivity index (χ4v) is 1.58. The summed E-state index contributed by atoms with van der Waals surface area (Å²) < 4.78 is 5.41. The van der Waals surface area contributed by atoms with E-state index < -0.39 is 5.60 Å². The zero-order valence-corrected chi connectivity index (χ0v) is 7.52. The van der Waals surface area contributed by atoms with E-state index in [0.717, 1.165) is 19.4 Å². The molecule has 0 aromatic heterocycles. The lowest BCUT2D eigenvalue weighted by atomic mass is 9.90. The molecule has 0 spiro atoms. The fourth-order valence-electron chi connectivity index (χ4n) is 1.58. The summed E-state index contributed by atoms with van der Waals surface area (Å²) in [5.74, 6) is 0.341. The Morgan fingerprint density at radius 2 is 2.18 bits per heavy atom. The maximum absolute atomic E-state index is 11.5. The summed E-state index contributed by atoms with van der Waals surface area (Å²) >= 11 is 0. The molecule has 1 fully saturated rings. The predicted molar refractivity (Wildman–Crippen MR) is 43.4 cm³/mol. The number of hydrogen-bond acceptors (Lipinski definition) is 2. The van der Waals surface area contributed by atoms with Crippen LogP contribution in [0, 0.1) is 5.92 Å². The number of Topliss-reactive ketones (excluding diaryl/α,β-unsaturated/α-hetero) is 1. The quantitative estimate of drug-likeness (QED) is 0.609. The summed E-state index contributed by atoms with van der Waals surface area (Å²) in [5.41, 5.74) is -0.464. The monoisotopic (exact) mass is 156 g/mol. The van der Waals surface area contributed by atoms with Crippen molar-refractivity contribution in [3.8, 4) is 0 Å². The van der Waals surface area contributed by atoms with Crippen molar-refractivity contribution in [3.63, 3.8) is 0 Å². The number of carbonyl (C=O) groups excluding carboxylic acids is 1. The topological polar surface area (TPSA) is 26.3 Å². The minimum atomic E-state index is -0.464. The van der Waals surface area contributed by atoms with E-state index in [1.165, 1.54) is 0 Å². The van der Waals surface area contributed by atoms with E-state index in [-0.39, 0.29) is 11.7 Å². The zero-order chi connectivity index (χ0) is 8.48. The highest BCUT2D eigenvalue weighted by Crippen LogP contribution is 2.28. The minimum absolute atomic E-state index is 0.0955. The molecule has 0 amide bonds. The van der Waals surface area contributed by atoms with Crippen molar-refractivity contribution in [2.24, 2.45) is 5.92 Å². The highest BCUT2D eigenvalue weighted by molar-refractivity contribution is 5.88. The van der Waals surface area contributed by atoms with Gasteiger partial charge in [0, 0.05) is 12.5 Å². The minimum Gasteiger partial charge on any atom is -0.367 e. The summed E-state index contributed by atoms with van der Waals surface area (Å²) in [4.78, 5) is 11.5. The summed E-state index contributed by atoms with van der Waals surface area (Å²) in [6, 6.07) is 0. The second kappa shape index (κ2) is 2.94. The molecular formula is C9H16O2. The molecule has 0 radical (unpaired) electrons. The van der Waals surface area contributed by atoms with Crippen LogP contribution in [-0.2, 0) is 9.53 Å². The maximum atomic E-state index is 11.5. The van der Waals surface area contributed by atoms with Crippen molar-refractivity contribution in [3.05, 3.63) is 0 Å². The Morgan fingerprint density at radius 1 is 1.55 bits per heavy atom. The predicted octanol–water partition coefficient (Wildman–Crippen LogP) is 1.78. The number of carbonyl (C=O) groups is 1. The molecule has 1 aliphatic rings. The first-order chi connectivity index (χ1) is 5.06. The van der Waals surface area contributed by atoms with Crippen molar-refractivity contribution < 1.29 is 9.53 Å². The van der Waals surface area contributed by atoms with Crippen molar-refractivity contribution in [1.29, 1.82) is 0 Å². The van der Waals surface area contributed by atoms with Crippen molar-refractivity contribution in [2.75, 3.05) is 6.61 Å². The molecule has 2 heteroatoms. The van der Waals surface area contributed by atoms with Crippen molar-refractivity contribution in [2.45, 2.75) is 39.2 Å². The van der Waals surface area contributed by atoms with E-state index in [0.29, 0.717) is 0 Å². The normalized spacial score (nSPS) is 31.3. The van der Waals surface area contributed by atoms with Gasteiger partial charge in [0.2, 0.25) is 0 Å². The molecule has 1 rings (SSSR count). The first-order valence-electron chi connectivity index (χ1n) is 4.24. The Morgan fingerprint density at radius 3 is 2.55 bits per heavy atom. The van der Waals surface area contributed by atoms with Crippen LogP contribution in [0.3, 0.4) is 0 Å². The second-order valence-electron chi connectivity index (χ2n) is 3.70. The first-order valence-corrected chi connectivity index (χ1v) is 4.24. The molecule has 2 nitrogen and oxygen atoms in total. The van der Waals surface area contributed by atoms with Crippen LogP contribution in [0.15, 0.2) is 0 Å². The zero-order valence-electron chi connectivity index (χ0n) is 7.52. The van der Waals surface area contributed by atoms with Crippen LogP contribution in [0.2, 0.25) is 0 Å². The molecule has 0 saturated carbocycles. The molecule has 1 atom stereocenters. The number of rotatable bonds is 2. The average molecular weight is 156 g/mol. The van der Waals surface area contributed by atoms with Gasteiger partial charge in [0.1, 0.15) is 5.60 Å². The van der Waals surface area contributed by atoms with E-state index >= 15 is 0 Å². The van der Waals surface area contributed by atoms with E-state index in [1.807, 2.05) is 20.8 Å². The fraction of sp³-hybridized carbons (Fsp3) is 0.889. The molecule has 0 bridgehead atoms. The second-order valence-corrected chi connectivity index (χ2v) is 3.70. The lowest BCUT2D eigenvalue weighted by Crippen LogP contribution is -2.37. The van der Waals surface area contributed by atoms with Crippen LogP contribution in [0.25, 0.3) is 0 Å². The Hall–Kier alpha value is -0.370. The van der Waals surface area contributed by atoms with Gasteiger partial charge in [-0.05, 0) is 19.8 Å². The molecule has 0 aliphatic carbocycles. The lowest BCUT2D eigenvalue weighted by Gasteiger charge is -2.23. The molecule has 1 heterocycles. The van der Waals surface area contributed by atoms with Gasteiger partial charge in [0.15, 0.2) is 5.78 Å². The summed E-state index contributed by atoms with van der Waals surface area (Å²) in [6.07, 6.45) is 1.92. The van der Waals surface area contributed by atoms with Crippen LogP contribution in [-0.4, -0.2) is 18.0 Å². The molecule has 0 aromatic rings. The first kappa shape index (κ1) is 8.72. The molecule has 0 unspecified atom stereocenters. The lowest BCUT2D eigenvalue weighted by molar-refractivity contribution is -0.140. The van der Waals surface area contributed by atoms with Gasteiger partial charge in [-0.15, -0.1) is 0 Å². The van der Waals surface area contributed by atoms with E-state index in [2.05, 4.69) is 0 Å². The highest BCUT2D eigenvalue weighted by Gasteiger charge is 2.38. The highest BCUT2D eigenvalue weighted by atomic mass is 16.5. The van der Waals surface area contributed by atoms with Crippen molar-refractivity contribution in [1.82, 2.24) is 0 Å². The Kier molecular flexibility index (Phi) is 2.33. The van der Waals surface area contributed by atoms with Gasteiger partial charge in [-0.1, -0.05) is 13.8 Å². The third-order valence-corrected chi connectivity index (χ3v) is 2.26. The molecular weight excluding hydrogens is 140 g/mol. The molecule has 1 aliphatic heterocycles. The Balaban J connectivity index is 2.64. The van der Waals surface area contributed by atoms with Crippen LogP contribution in [0.4, 0.5) is 0 Å².